The Morgan fingerprint density at radius 3 is 2.41 bits per heavy atom. The molecule has 0 spiro atoms. The first kappa shape index (κ1) is 22.8. The standard InChI is InChI=1S/C32H25NO4/c1-19-27(32(35)36-2)28(29-30(33-19)23-14-5-6-15-24(23)31(29)34)25-16-7-8-17-26(25)37-18-21-12-9-11-20-10-3-4-13-22(20)21/h3-17,28,33H,18H2,1-2H3/t28-/m0/s1. The van der Waals surface area contributed by atoms with Crippen molar-refractivity contribution in [1.82, 2.24) is 5.32 Å². The number of rotatable bonds is 5. The zero-order valence-electron chi connectivity index (χ0n) is 20.6. The highest BCUT2D eigenvalue weighted by Crippen LogP contribution is 2.48. The molecule has 1 atom stereocenters. The Morgan fingerprint density at radius 2 is 1.57 bits per heavy atom. The summed E-state index contributed by atoms with van der Waals surface area (Å²) in [6.07, 6.45) is 0. The third-order valence-corrected chi connectivity index (χ3v) is 7.15. The van der Waals surface area contributed by atoms with Crippen molar-refractivity contribution in [2.24, 2.45) is 0 Å². The monoisotopic (exact) mass is 487 g/mol. The van der Waals surface area contributed by atoms with Gasteiger partial charge in [-0.15, -0.1) is 0 Å². The van der Waals surface area contributed by atoms with Gasteiger partial charge >= 0.3 is 5.97 Å². The predicted molar refractivity (Wildman–Crippen MR) is 143 cm³/mol. The molecule has 0 amide bonds. The first-order chi connectivity index (χ1) is 18.1. The number of benzene rings is 4. The number of dihydropyridines is 1. The fraction of sp³-hybridized carbons (Fsp3) is 0.125. The zero-order valence-corrected chi connectivity index (χ0v) is 20.6. The van der Waals surface area contributed by atoms with Gasteiger partial charge in [-0.3, -0.25) is 4.79 Å². The number of esters is 1. The van der Waals surface area contributed by atoms with E-state index in [9.17, 15) is 9.59 Å². The zero-order chi connectivity index (χ0) is 25.5. The normalized spacial score (nSPS) is 16.4. The molecule has 1 N–H and O–H groups in total. The summed E-state index contributed by atoms with van der Waals surface area (Å²) in [6, 6.07) is 29.5. The van der Waals surface area contributed by atoms with Crippen LogP contribution in [0.4, 0.5) is 0 Å². The summed E-state index contributed by atoms with van der Waals surface area (Å²) in [5, 5.41) is 5.60. The first-order valence-corrected chi connectivity index (χ1v) is 12.2. The van der Waals surface area contributed by atoms with Crippen molar-refractivity contribution in [3.8, 4) is 5.75 Å². The van der Waals surface area contributed by atoms with Gasteiger partial charge in [-0.2, -0.15) is 0 Å². The van der Waals surface area contributed by atoms with Crippen LogP contribution >= 0.6 is 0 Å². The van der Waals surface area contributed by atoms with Gasteiger partial charge in [0, 0.05) is 28.0 Å². The highest BCUT2D eigenvalue weighted by atomic mass is 16.5. The lowest BCUT2D eigenvalue weighted by Crippen LogP contribution is -2.29. The van der Waals surface area contributed by atoms with E-state index < -0.39 is 11.9 Å². The summed E-state index contributed by atoms with van der Waals surface area (Å²) in [5.41, 5.74) is 5.60. The number of carbonyl (C=O) groups excluding carboxylic acids is 2. The van der Waals surface area contributed by atoms with Crippen molar-refractivity contribution in [1.29, 1.82) is 0 Å². The number of hydrogen-bond donors (Lipinski definition) is 1. The molecule has 0 aromatic heterocycles. The Balaban J connectivity index is 1.46. The van der Waals surface area contributed by atoms with E-state index >= 15 is 0 Å². The minimum absolute atomic E-state index is 0.0964. The molecule has 0 radical (unpaired) electrons. The molecule has 2 aliphatic rings. The Labute approximate surface area is 215 Å². The van der Waals surface area contributed by atoms with Crippen LogP contribution in [0.3, 0.4) is 0 Å². The second-order valence-electron chi connectivity index (χ2n) is 9.22. The van der Waals surface area contributed by atoms with E-state index in [4.69, 9.17) is 9.47 Å². The molecule has 0 bridgehead atoms. The fourth-order valence-electron chi connectivity index (χ4n) is 5.44. The topological polar surface area (TPSA) is 64.6 Å². The lowest BCUT2D eigenvalue weighted by Gasteiger charge is -2.30. The summed E-state index contributed by atoms with van der Waals surface area (Å²) in [5.74, 6) is -0.588. The average Bonchev–Trinajstić information content (AvgIpc) is 3.22. The molecule has 4 aromatic carbocycles. The number of methoxy groups -OCH3 is 1. The maximum absolute atomic E-state index is 13.7. The molecule has 1 aliphatic heterocycles. The van der Waals surface area contributed by atoms with Crippen LogP contribution < -0.4 is 10.1 Å². The maximum atomic E-state index is 13.7. The van der Waals surface area contributed by atoms with E-state index in [1.165, 1.54) is 7.11 Å². The summed E-state index contributed by atoms with van der Waals surface area (Å²) in [6.45, 7) is 2.19. The van der Waals surface area contributed by atoms with Crippen LogP contribution in [0.1, 0.15) is 39.9 Å². The van der Waals surface area contributed by atoms with E-state index in [1.807, 2.05) is 73.7 Å². The van der Waals surface area contributed by atoms with Gasteiger partial charge in [0.15, 0.2) is 5.78 Å². The Hall–Kier alpha value is -4.64. The first-order valence-electron chi connectivity index (χ1n) is 12.2. The molecule has 37 heavy (non-hydrogen) atoms. The summed E-state index contributed by atoms with van der Waals surface area (Å²) < 4.78 is 11.6. The molecule has 5 heteroatoms. The van der Waals surface area contributed by atoms with Crippen LogP contribution in [0, 0.1) is 0 Å². The third kappa shape index (κ3) is 3.71. The molecule has 4 aromatic rings. The van der Waals surface area contributed by atoms with E-state index in [0.717, 1.165) is 33.2 Å². The van der Waals surface area contributed by atoms with Gasteiger partial charge in [-0.05, 0) is 29.3 Å². The van der Waals surface area contributed by atoms with Crippen molar-refractivity contribution in [3.05, 3.63) is 130 Å². The number of ketones is 1. The van der Waals surface area contributed by atoms with Gasteiger partial charge in [0.2, 0.25) is 0 Å². The van der Waals surface area contributed by atoms with E-state index in [1.54, 1.807) is 0 Å². The van der Waals surface area contributed by atoms with Crippen LogP contribution in [-0.4, -0.2) is 18.9 Å². The number of hydrogen-bond acceptors (Lipinski definition) is 5. The lowest BCUT2D eigenvalue weighted by molar-refractivity contribution is -0.136. The Morgan fingerprint density at radius 1 is 0.865 bits per heavy atom. The van der Waals surface area contributed by atoms with Crippen molar-refractivity contribution in [2.75, 3.05) is 7.11 Å². The number of Topliss-reactive ketones (excluding diaryl/α,β-unsaturated/α-hetero) is 1. The highest BCUT2D eigenvalue weighted by Gasteiger charge is 2.43. The predicted octanol–water partition coefficient (Wildman–Crippen LogP) is 6.16. The number of ether oxygens (including phenoxy) is 2. The van der Waals surface area contributed by atoms with Crippen molar-refractivity contribution >= 4 is 28.2 Å². The smallest absolute Gasteiger partial charge is 0.336 e. The quantitative estimate of drug-likeness (QED) is 0.342. The minimum Gasteiger partial charge on any atom is -0.489 e. The minimum atomic E-state index is -0.632. The van der Waals surface area contributed by atoms with Gasteiger partial charge in [-0.25, -0.2) is 4.79 Å². The van der Waals surface area contributed by atoms with Crippen LogP contribution in [0.15, 0.2) is 108 Å². The third-order valence-electron chi connectivity index (χ3n) is 7.15. The number of carbonyl (C=O) groups is 2. The lowest BCUT2D eigenvalue weighted by atomic mass is 9.79. The van der Waals surface area contributed by atoms with Crippen LogP contribution in [-0.2, 0) is 16.1 Å². The summed E-state index contributed by atoms with van der Waals surface area (Å²) >= 11 is 0. The van der Waals surface area contributed by atoms with Crippen LogP contribution in [0.2, 0.25) is 0 Å². The number of nitrogens with one attached hydrogen (secondary N) is 1. The molecule has 0 fully saturated rings. The number of allylic oxidation sites excluding steroid dienone is 2. The van der Waals surface area contributed by atoms with E-state index in [-0.39, 0.29) is 5.78 Å². The second kappa shape index (κ2) is 9.10. The SMILES string of the molecule is COC(=O)C1=C(C)NC2=C(C(=O)c3ccccc32)[C@H]1c1ccccc1OCc1cccc2ccccc12. The number of fused-ring (bicyclic) bond motifs is 3. The largest absolute Gasteiger partial charge is 0.489 e. The molecular weight excluding hydrogens is 462 g/mol. The molecule has 6 rings (SSSR count). The highest BCUT2D eigenvalue weighted by molar-refractivity contribution is 6.23. The molecule has 5 nitrogen and oxygen atoms in total. The summed E-state index contributed by atoms with van der Waals surface area (Å²) in [7, 11) is 1.36. The molecule has 182 valence electrons. The van der Waals surface area contributed by atoms with Gasteiger partial charge < -0.3 is 14.8 Å². The second-order valence-corrected chi connectivity index (χ2v) is 9.22. The molecular formula is C32H25NO4. The van der Waals surface area contributed by atoms with Crippen LogP contribution in [0.5, 0.6) is 5.75 Å². The number of para-hydroxylation sites is 1. The average molecular weight is 488 g/mol. The van der Waals surface area contributed by atoms with Gasteiger partial charge in [0.1, 0.15) is 12.4 Å². The molecule has 1 aliphatic carbocycles. The van der Waals surface area contributed by atoms with Crippen LogP contribution in [0.25, 0.3) is 16.5 Å². The maximum Gasteiger partial charge on any atom is 0.336 e. The van der Waals surface area contributed by atoms with Crippen molar-refractivity contribution in [3.63, 3.8) is 0 Å². The van der Waals surface area contributed by atoms with E-state index in [0.29, 0.717) is 34.8 Å². The van der Waals surface area contributed by atoms with E-state index in [2.05, 4.69) is 29.6 Å². The van der Waals surface area contributed by atoms with Gasteiger partial charge in [0.25, 0.3) is 0 Å². The molecule has 0 unspecified atom stereocenters. The molecule has 0 saturated carbocycles. The Kier molecular flexibility index (Phi) is 5.61. The van der Waals surface area contributed by atoms with Gasteiger partial charge in [0.05, 0.1) is 24.3 Å². The van der Waals surface area contributed by atoms with Crippen molar-refractivity contribution in [2.45, 2.75) is 19.4 Å². The van der Waals surface area contributed by atoms with Crippen molar-refractivity contribution < 1.29 is 19.1 Å². The molecule has 1 heterocycles. The molecule has 0 saturated heterocycles. The summed E-state index contributed by atoms with van der Waals surface area (Å²) in [4.78, 5) is 26.8. The van der Waals surface area contributed by atoms with Gasteiger partial charge in [-0.1, -0.05) is 84.9 Å². The fourth-order valence-corrected chi connectivity index (χ4v) is 5.44. The Bertz CT molecular complexity index is 1640.